The minimum Gasteiger partial charge on any atom is -0.303 e. The Bertz CT molecular complexity index is 260. The zero-order valence-corrected chi connectivity index (χ0v) is 25.1. The van der Waals surface area contributed by atoms with Gasteiger partial charge in [0.1, 0.15) is 0 Å². The van der Waals surface area contributed by atoms with E-state index in [-0.39, 0.29) is 14.1 Å². The second-order valence-corrected chi connectivity index (χ2v) is 14.4. The van der Waals surface area contributed by atoms with Gasteiger partial charge in [-0.15, -0.1) is 0 Å². The van der Waals surface area contributed by atoms with Crippen LogP contribution in [-0.2, 0) is 0 Å². The second kappa shape index (κ2) is 31.5. The van der Waals surface area contributed by atoms with Gasteiger partial charge in [-0.3, -0.25) is 0 Å². The first-order valence-electron chi connectivity index (χ1n) is 15.4. The topological polar surface area (TPSA) is 3.24 Å². The van der Waals surface area contributed by atoms with Crippen molar-refractivity contribution in [3.8, 4) is 0 Å². The van der Waals surface area contributed by atoms with Crippen LogP contribution < -0.4 is 0 Å². The van der Waals surface area contributed by atoms with Crippen LogP contribution in [0.1, 0.15) is 157 Å². The van der Waals surface area contributed by atoms with E-state index in [0.717, 1.165) is 0 Å². The molecule has 0 fully saturated rings. The third kappa shape index (κ3) is 28.5. The van der Waals surface area contributed by atoms with Gasteiger partial charge in [-0.1, -0.05) is 154 Å². The molecule has 0 spiro atoms. The van der Waals surface area contributed by atoms with Gasteiger partial charge >= 0.3 is 0 Å². The second-order valence-electron chi connectivity index (χ2n) is 10.2. The monoisotopic (exact) mass is 468 g/mol. The average Bonchev–Trinajstić information content (AvgIpc) is 2.81. The van der Waals surface area contributed by atoms with Gasteiger partial charge in [0.15, 0.2) is 0 Å². The molecule has 0 aromatic heterocycles. The predicted molar refractivity (Wildman–Crippen MR) is 154 cm³/mol. The maximum Gasteiger partial charge on any atom is 0.261 e. The van der Waals surface area contributed by atoms with Crippen molar-refractivity contribution in [2.75, 3.05) is 19.6 Å². The van der Waals surface area contributed by atoms with Crippen molar-refractivity contribution in [1.82, 2.24) is 4.90 Å². The largest absolute Gasteiger partial charge is 0.303 e. The molecule has 0 rings (SSSR count). The van der Waals surface area contributed by atoms with Gasteiger partial charge in [-0.05, 0) is 38.9 Å². The quantitative estimate of drug-likeness (QED) is 0.101. The van der Waals surface area contributed by atoms with E-state index < -0.39 is 0 Å². The first kappa shape index (κ1) is 34.7. The lowest BCUT2D eigenvalue weighted by Crippen LogP contribution is -2.27. The zero-order valence-electron chi connectivity index (χ0n) is 24.0. The Balaban J connectivity index is 0. The van der Waals surface area contributed by atoms with E-state index in [1.54, 1.807) is 0 Å². The zero-order chi connectivity index (χ0) is 24.1. The molecule has 0 heterocycles. The van der Waals surface area contributed by atoms with E-state index in [1.807, 2.05) is 0 Å². The van der Waals surface area contributed by atoms with Gasteiger partial charge < -0.3 is 4.90 Å². The summed E-state index contributed by atoms with van der Waals surface area (Å²) in [5.74, 6) is 0. The molecule has 0 aliphatic carbocycles. The fraction of sp³-hybridized carbons (Fsp3) is 1.00. The summed E-state index contributed by atoms with van der Waals surface area (Å²) in [5.41, 5.74) is 0. The van der Waals surface area contributed by atoms with E-state index >= 15 is 0 Å². The fourth-order valence-corrected chi connectivity index (χ4v) is 6.28. The molecular weight excluding hydrogens is 401 g/mol. The lowest BCUT2D eigenvalue weighted by atomic mass is 10.1. The van der Waals surface area contributed by atoms with Crippen molar-refractivity contribution in [2.45, 2.75) is 173 Å². The smallest absolute Gasteiger partial charge is 0.261 e. The van der Waals surface area contributed by atoms with E-state index in [9.17, 15) is 0 Å². The van der Waals surface area contributed by atoms with Crippen molar-refractivity contribution in [1.29, 1.82) is 0 Å². The highest BCUT2D eigenvalue weighted by molar-refractivity contribution is 6.58. The molecule has 0 saturated carbocycles. The third-order valence-electron chi connectivity index (χ3n) is 7.22. The summed E-state index contributed by atoms with van der Waals surface area (Å²) in [6, 6.07) is 0. The van der Waals surface area contributed by atoms with Gasteiger partial charge in [0, 0.05) is 0 Å². The summed E-state index contributed by atoms with van der Waals surface area (Å²) in [6.07, 6.45) is 25.7. The maximum absolute atomic E-state index is 2.79. The number of hydrogen-bond acceptors (Lipinski definition) is 1. The summed E-state index contributed by atoms with van der Waals surface area (Å²) in [6.45, 7) is 18.0. The first-order chi connectivity index (χ1) is 15.7. The van der Waals surface area contributed by atoms with Gasteiger partial charge in [0.25, 0.3) is 14.1 Å². The van der Waals surface area contributed by atoms with E-state index in [4.69, 9.17) is 0 Å². The number of rotatable bonds is 24. The Labute approximate surface area is 211 Å². The Hall–Kier alpha value is 0.492. The van der Waals surface area contributed by atoms with Crippen molar-refractivity contribution < 1.29 is 0 Å². The van der Waals surface area contributed by atoms with Crippen LogP contribution in [0.5, 0.6) is 0 Å². The molecule has 0 atom stereocenters. The van der Waals surface area contributed by atoms with Crippen LogP contribution in [0.3, 0.4) is 0 Å². The Kier molecular flexibility index (Phi) is 34.1. The number of nitrogens with zero attached hydrogens (tertiary/aromatic N) is 1. The highest BCUT2D eigenvalue weighted by Crippen LogP contribution is 2.11. The van der Waals surface area contributed by atoms with Crippen molar-refractivity contribution in [3.05, 3.63) is 0 Å². The predicted octanol–water partition coefficient (Wildman–Crippen LogP) is 10.9. The van der Waals surface area contributed by atoms with Crippen LogP contribution in [-0.4, -0.2) is 38.7 Å². The third-order valence-corrected chi connectivity index (χ3v) is 10.7. The SMILES string of the molecule is CCCCCCCCN(CCCCCCCC)CCCCCCCC.C[CH2][Al]([CH2]C)[CH2]C. The Morgan fingerprint density at radius 3 is 0.812 bits per heavy atom. The molecule has 0 saturated heterocycles. The molecule has 0 aromatic carbocycles. The van der Waals surface area contributed by atoms with Gasteiger partial charge in [-0.25, -0.2) is 0 Å². The van der Waals surface area contributed by atoms with Gasteiger partial charge in [0.2, 0.25) is 0 Å². The Morgan fingerprint density at radius 2 is 0.594 bits per heavy atom. The maximum atomic E-state index is 2.79. The van der Waals surface area contributed by atoms with Crippen LogP contribution in [0.4, 0.5) is 0 Å². The van der Waals surface area contributed by atoms with Crippen LogP contribution in [0.25, 0.3) is 0 Å². The van der Waals surface area contributed by atoms with Gasteiger partial charge in [0.05, 0.1) is 0 Å². The minimum atomic E-state index is -0.171. The number of hydrogen-bond donors (Lipinski definition) is 0. The van der Waals surface area contributed by atoms with Crippen molar-refractivity contribution in [3.63, 3.8) is 0 Å². The summed E-state index contributed by atoms with van der Waals surface area (Å²) in [7, 11) is 0. The van der Waals surface area contributed by atoms with Crippen LogP contribution in [0, 0.1) is 0 Å². The summed E-state index contributed by atoms with van der Waals surface area (Å²) < 4.78 is 0. The molecule has 2 heteroatoms. The molecule has 0 aliphatic rings. The molecule has 0 aromatic rings. The lowest BCUT2D eigenvalue weighted by Gasteiger charge is -2.22. The summed E-state index contributed by atoms with van der Waals surface area (Å²) in [4.78, 5) is 2.79. The minimum absolute atomic E-state index is 0.171. The average molecular weight is 468 g/mol. The number of unbranched alkanes of at least 4 members (excludes halogenated alkanes) is 15. The summed E-state index contributed by atoms with van der Waals surface area (Å²) in [5, 5.41) is 4.48. The summed E-state index contributed by atoms with van der Waals surface area (Å²) >= 11 is -0.171. The van der Waals surface area contributed by atoms with Crippen molar-refractivity contribution >= 4 is 14.1 Å². The van der Waals surface area contributed by atoms with Gasteiger partial charge in [-0.2, -0.15) is 0 Å². The highest BCUT2D eigenvalue weighted by Gasteiger charge is 2.06. The normalized spacial score (nSPS) is 11.0. The molecule has 1 nitrogen and oxygen atoms in total. The fourth-order valence-electron chi connectivity index (χ4n) is 4.55. The molecule has 194 valence electrons. The molecule has 0 N–H and O–H groups in total. The molecule has 0 unspecified atom stereocenters. The first-order valence-corrected chi connectivity index (χ1v) is 17.9. The van der Waals surface area contributed by atoms with E-state index in [0.29, 0.717) is 0 Å². The van der Waals surface area contributed by atoms with Crippen molar-refractivity contribution in [2.24, 2.45) is 0 Å². The molecule has 0 amide bonds. The van der Waals surface area contributed by atoms with E-state index in [1.165, 1.54) is 151 Å². The lowest BCUT2D eigenvalue weighted by molar-refractivity contribution is 0.254. The molecule has 0 aliphatic heterocycles. The molecule has 32 heavy (non-hydrogen) atoms. The van der Waals surface area contributed by atoms with Crippen LogP contribution in [0.2, 0.25) is 15.8 Å². The highest BCUT2D eigenvalue weighted by atomic mass is 27.2. The molecule has 0 radical (unpaired) electrons. The van der Waals surface area contributed by atoms with Crippen LogP contribution in [0.15, 0.2) is 0 Å². The molecule has 0 bridgehead atoms. The molecular formula is C30H66AlN. The van der Waals surface area contributed by atoms with E-state index in [2.05, 4.69) is 46.4 Å². The standard InChI is InChI=1S/C24H51N.3C2H5.Al/c1-4-7-10-13-16-19-22-25(23-20-17-14-11-8-5-2)24-21-18-15-12-9-6-3;3*1-2;/h4-24H2,1-3H3;3*1H2,2H3;. The van der Waals surface area contributed by atoms with Crippen LogP contribution >= 0.6 is 0 Å². The Morgan fingerprint density at radius 1 is 0.344 bits per heavy atom.